The molecular weight excluding hydrogens is 304 g/mol. The van der Waals surface area contributed by atoms with E-state index in [-0.39, 0.29) is 5.25 Å². The summed E-state index contributed by atoms with van der Waals surface area (Å²) in [5.74, 6) is 1.78. The standard InChI is InChI=1S/C13H14N6O2S/c1-8(22-13-16-17-18-19(13)2)11-14-15-12(21-11)9-4-6-10(20-3)7-5-9/h4-8H,1-3H3/t8-/m0/s1. The van der Waals surface area contributed by atoms with Crippen LogP contribution in [0.1, 0.15) is 18.1 Å². The van der Waals surface area contributed by atoms with E-state index in [0.717, 1.165) is 11.3 Å². The smallest absolute Gasteiger partial charge is 0.247 e. The summed E-state index contributed by atoms with van der Waals surface area (Å²) in [7, 11) is 3.41. The molecule has 0 aliphatic heterocycles. The Bertz CT molecular complexity index is 754. The Labute approximate surface area is 130 Å². The number of benzene rings is 1. The average molecular weight is 318 g/mol. The minimum absolute atomic E-state index is 0.0517. The first-order chi connectivity index (χ1) is 10.7. The van der Waals surface area contributed by atoms with Gasteiger partial charge in [0.1, 0.15) is 5.75 Å². The molecule has 0 unspecified atom stereocenters. The number of aromatic nitrogens is 6. The third-order valence-corrected chi connectivity index (χ3v) is 4.10. The van der Waals surface area contributed by atoms with Gasteiger partial charge in [-0.1, -0.05) is 11.8 Å². The van der Waals surface area contributed by atoms with Gasteiger partial charge in [0.05, 0.1) is 12.4 Å². The van der Waals surface area contributed by atoms with Crippen molar-refractivity contribution in [3.05, 3.63) is 30.2 Å². The van der Waals surface area contributed by atoms with Gasteiger partial charge in [-0.2, -0.15) is 0 Å². The number of thioether (sulfide) groups is 1. The Kier molecular flexibility index (Phi) is 4.05. The highest BCUT2D eigenvalue weighted by Crippen LogP contribution is 2.33. The highest BCUT2D eigenvalue weighted by atomic mass is 32.2. The summed E-state index contributed by atoms with van der Waals surface area (Å²) < 4.78 is 12.5. The summed E-state index contributed by atoms with van der Waals surface area (Å²) in [6.45, 7) is 1.96. The molecule has 8 nitrogen and oxygen atoms in total. The lowest BCUT2D eigenvalue weighted by atomic mass is 10.2. The van der Waals surface area contributed by atoms with Gasteiger partial charge in [-0.25, -0.2) is 4.68 Å². The molecule has 0 radical (unpaired) electrons. The predicted molar refractivity (Wildman–Crippen MR) is 79.4 cm³/mol. The van der Waals surface area contributed by atoms with Gasteiger partial charge in [0, 0.05) is 12.6 Å². The zero-order valence-corrected chi connectivity index (χ0v) is 13.1. The molecule has 0 N–H and O–H groups in total. The lowest BCUT2D eigenvalue weighted by Crippen LogP contribution is -1.96. The van der Waals surface area contributed by atoms with E-state index in [4.69, 9.17) is 9.15 Å². The van der Waals surface area contributed by atoms with Crippen LogP contribution in [-0.4, -0.2) is 37.5 Å². The van der Waals surface area contributed by atoms with E-state index in [9.17, 15) is 0 Å². The SMILES string of the molecule is COc1ccc(-c2nnc([C@H](C)Sc3nnnn3C)o2)cc1. The monoisotopic (exact) mass is 318 g/mol. The number of aryl methyl sites for hydroxylation is 1. The van der Waals surface area contributed by atoms with Gasteiger partial charge in [-0.15, -0.1) is 15.3 Å². The Morgan fingerprint density at radius 1 is 1.18 bits per heavy atom. The van der Waals surface area contributed by atoms with E-state index in [0.29, 0.717) is 16.9 Å². The molecule has 0 saturated heterocycles. The largest absolute Gasteiger partial charge is 0.497 e. The van der Waals surface area contributed by atoms with Crippen LogP contribution in [0.2, 0.25) is 0 Å². The predicted octanol–water partition coefficient (Wildman–Crippen LogP) is 2.12. The van der Waals surface area contributed by atoms with Gasteiger partial charge in [0.25, 0.3) is 0 Å². The summed E-state index contributed by atoms with van der Waals surface area (Å²) in [6.07, 6.45) is 0. The van der Waals surface area contributed by atoms with Crippen molar-refractivity contribution >= 4 is 11.8 Å². The average Bonchev–Trinajstić information content (AvgIpc) is 3.17. The molecule has 2 aromatic heterocycles. The molecule has 2 heterocycles. The molecule has 9 heteroatoms. The molecule has 1 aromatic carbocycles. The molecule has 0 amide bonds. The third-order valence-electron chi connectivity index (χ3n) is 2.99. The maximum Gasteiger partial charge on any atom is 0.247 e. The summed E-state index contributed by atoms with van der Waals surface area (Å²) in [4.78, 5) is 0. The third kappa shape index (κ3) is 2.93. The number of tetrazole rings is 1. The van der Waals surface area contributed by atoms with E-state index in [1.54, 1.807) is 18.8 Å². The maximum absolute atomic E-state index is 5.73. The van der Waals surface area contributed by atoms with Crippen molar-refractivity contribution in [1.82, 2.24) is 30.4 Å². The first-order valence-corrected chi connectivity index (χ1v) is 7.42. The van der Waals surface area contributed by atoms with Crippen LogP contribution in [-0.2, 0) is 7.05 Å². The van der Waals surface area contributed by atoms with Crippen molar-refractivity contribution in [2.45, 2.75) is 17.3 Å². The first-order valence-electron chi connectivity index (χ1n) is 6.54. The molecule has 0 aliphatic rings. The number of ether oxygens (including phenoxy) is 1. The topological polar surface area (TPSA) is 91.8 Å². The van der Waals surface area contributed by atoms with E-state index < -0.39 is 0 Å². The Balaban J connectivity index is 1.76. The van der Waals surface area contributed by atoms with Crippen molar-refractivity contribution < 1.29 is 9.15 Å². The molecule has 1 atom stereocenters. The fourth-order valence-electron chi connectivity index (χ4n) is 1.78. The second kappa shape index (κ2) is 6.14. The van der Waals surface area contributed by atoms with Crippen LogP contribution in [0.3, 0.4) is 0 Å². The number of hydrogen-bond acceptors (Lipinski definition) is 8. The van der Waals surface area contributed by atoms with E-state index in [2.05, 4.69) is 25.7 Å². The molecule has 3 aromatic rings. The molecule has 114 valence electrons. The molecule has 0 bridgehead atoms. The highest BCUT2D eigenvalue weighted by Gasteiger charge is 2.18. The lowest BCUT2D eigenvalue weighted by Gasteiger charge is -2.04. The van der Waals surface area contributed by atoms with Gasteiger partial charge in [0.2, 0.25) is 16.9 Å². The number of rotatable bonds is 5. The molecule has 0 saturated carbocycles. The summed E-state index contributed by atoms with van der Waals surface area (Å²) in [6, 6.07) is 7.45. The molecule has 0 aliphatic carbocycles. The van der Waals surface area contributed by atoms with Crippen LogP contribution in [0.25, 0.3) is 11.5 Å². The van der Waals surface area contributed by atoms with Crippen LogP contribution in [0.4, 0.5) is 0 Å². The maximum atomic E-state index is 5.73. The molecule has 0 spiro atoms. The van der Waals surface area contributed by atoms with Crippen LogP contribution >= 0.6 is 11.8 Å². The normalized spacial score (nSPS) is 12.3. The van der Waals surface area contributed by atoms with Crippen molar-refractivity contribution in [2.75, 3.05) is 7.11 Å². The van der Waals surface area contributed by atoms with Gasteiger partial charge >= 0.3 is 0 Å². The second-order valence-electron chi connectivity index (χ2n) is 4.52. The van der Waals surface area contributed by atoms with Crippen molar-refractivity contribution in [3.63, 3.8) is 0 Å². The van der Waals surface area contributed by atoms with Crippen molar-refractivity contribution in [2.24, 2.45) is 7.05 Å². The zero-order chi connectivity index (χ0) is 15.5. The number of hydrogen-bond donors (Lipinski definition) is 0. The molecular formula is C13H14N6O2S. The fraction of sp³-hybridized carbons (Fsp3) is 0.308. The van der Waals surface area contributed by atoms with Gasteiger partial charge in [-0.05, 0) is 41.6 Å². The van der Waals surface area contributed by atoms with E-state index >= 15 is 0 Å². The second-order valence-corrected chi connectivity index (χ2v) is 5.83. The number of nitrogens with zero attached hydrogens (tertiary/aromatic N) is 6. The highest BCUT2D eigenvalue weighted by molar-refractivity contribution is 7.99. The van der Waals surface area contributed by atoms with Crippen LogP contribution in [0.15, 0.2) is 33.8 Å². The quantitative estimate of drug-likeness (QED) is 0.661. The summed E-state index contributed by atoms with van der Waals surface area (Å²) >= 11 is 1.46. The van der Waals surface area contributed by atoms with Crippen LogP contribution in [0, 0.1) is 0 Å². The Morgan fingerprint density at radius 2 is 1.95 bits per heavy atom. The minimum Gasteiger partial charge on any atom is -0.497 e. The van der Waals surface area contributed by atoms with Crippen molar-refractivity contribution in [3.8, 4) is 17.2 Å². The Morgan fingerprint density at radius 3 is 2.59 bits per heavy atom. The molecule has 0 fully saturated rings. The van der Waals surface area contributed by atoms with E-state index in [1.165, 1.54) is 11.8 Å². The van der Waals surface area contributed by atoms with E-state index in [1.807, 2.05) is 31.2 Å². The molecule has 22 heavy (non-hydrogen) atoms. The van der Waals surface area contributed by atoms with Gasteiger partial charge in [-0.3, -0.25) is 0 Å². The van der Waals surface area contributed by atoms with Gasteiger partial charge in [0.15, 0.2) is 0 Å². The minimum atomic E-state index is -0.0517. The van der Waals surface area contributed by atoms with Gasteiger partial charge < -0.3 is 9.15 Å². The summed E-state index contributed by atoms with van der Waals surface area (Å²) in [5.41, 5.74) is 0.845. The van der Waals surface area contributed by atoms with Crippen molar-refractivity contribution in [1.29, 1.82) is 0 Å². The zero-order valence-electron chi connectivity index (χ0n) is 12.3. The fourth-order valence-corrected chi connectivity index (χ4v) is 2.56. The van der Waals surface area contributed by atoms with Crippen LogP contribution in [0.5, 0.6) is 5.75 Å². The Hall–Kier alpha value is -2.42. The summed E-state index contributed by atoms with van der Waals surface area (Å²) in [5, 5.41) is 20.1. The first kappa shape index (κ1) is 14.5. The van der Waals surface area contributed by atoms with Crippen LogP contribution < -0.4 is 4.74 Å². The lowest BCUT2D eigenvalue weighted by molar-refractivity contribution is 0.415. The number of methoxy groups -OCH3 is 1. The molecule has 3 rings (SSSR count).